The molecule has 0 spiro atoms. The van der Waals surface area contributed by atoms with Gasteiger partial charge in [-0.15, -0.1) is 0 Å². The monoisotopic (exact) mass is 321 g/mol. The van der Waals surface area contributed by atoms with Crippen LogP contribution in [-0.2, 0) is 10.1 Å². The van der Waals surface area contributed by atoms with Crippen LogP contribution in [0.4, 0.5) is 17.1 Å². The number of hydrogen-bond donors (Lipinski definition) is 4. The minimum absolute atomic E-state index is 0.137. The first-order chi connectivity index (χ1) is 10.2. The van der Waals surface area contributed by atoms with Crippen molar-refractivity contribution in [2.75, 3.05) is 16.8 Å². The van der Waals surface area contributed by atoms with Gasteiger partial charge in [-0.3, -0.25) is 9.35 Å². The SMILES string of the molecule is Cc1c(N)cc(S(=O)(=O)O)cc1NC(=O)c1cccc(N)c1. The predicted molar refractivity (Wildman–Crippen MR) is 84.2 cm³/mol. The fourth-order valence-electron chi connectivity index (χ4n) is 1.86. The molecule has 0 radical (unpaired) electrons. The highest BCUT2D eigenvalue weighted by Gasteiger charge is 2.16. The Balaban J connectivity index is 2.41. The van der Waals surface area contributed by atoms with Gasteiger partial charge in [-0.05, 0) is 42.8 Å². The molecule has 7 nitrogen and oxygen atoms in total. The third-order valence-corrected chi connectivity index (χ3v) is 3.95. The molecule has 22 heavy (non-hydrogen) atoms. The molecule has 0 unspecified atom stereocenters. The number of carbonyl (C=O) groups excluding carboxylic acids is 1. The molecule has 2 aromatic carbocycles. The van der Waals surface area contributed by atoms with Crippen molar-refractivity contribution in [3.63, 3.8) is 0 Å². The number of rotatable bonds is 3. The smallest absolute Gasteiger partial charge is 0.294 e. The summed E-state index contributed by atoms with van der Waals surface area (Å²) in [6, 6.07) is 8.59. The van der Waals surface area contributed by atoms with Crippen molar-refractivity contribution in [1.29, 1.82) is 0 Å². The fraction of sp³-hybridized carbons (Fsp3) is 0.0714. The van der Waals surface area contributed by atoms with E-state index in [9.17, 15) is 13.2 Å². The van der Waals surface area contributed by atoms with Crippen molar-refractivity contribution in [3.05, 3.63) is 47.5 Å². The van der Waals surface area contributed by atoms with Crippen LogP contribution in [0.2, 0.25) is 0 Å². The molecule has 0 heterocycles. The molecular formula is C14H15N3O4S. The summed E-state index contributed by atoms with van der Waals surface area (Å²) in [6.45, 7) is 1.62. The predicted octanol–water partition coefficient (Wildman–Crippen LogP) is 1.66. The lowest BCUT2D eigenvalue weighted by Gasteiger charge is -2.12. The van der Waals surface area contributed by atoms with E-state index >= 15 is 0 Å². The van der Waals surface area contributed by atoms with Crippen molar-refractivity contribution in [3.8, 4) is 0 Å². The Hall–Kier alpha value is -2.58. The molecule has 0 aromatic heterocycles. The van der Waals surface area contributed by atoms with Gasteiger partial charge in [0.15, 0.2) is 0 Å². The van der Waals surface area contributed by atoms with Gasteiger partial charge in [0.1, 0.15) is 0 Å². The Kier molecular flexibility index (Phi) is 4.07. The highest BCUT2D eigenvalue weighted by molar-refractivity contribution is 7.85. The van der Waals surface area contributed by atoms with E-state index in [1.807, 2.05) is 0 Å². The van der Waals surface area contributed by atoms with Gasteiger partial charge in [0.2, 0.25) is 0 Å². The number of nitrogens with two attached hydrogens (primary N) is 2. The van der Waals surface area contributed by atoms with E-state index in [0.717, 1.165) is 12.1 Å². The molecule has 2 aromatic rings. The van der Waals surface area contributed by atoms with Crippen molar-refractivity contribution >= 4 is 33.1 Å². The van der Waals surface area contributed by atoms with Gasteiger partial charge >= 0.3 is 0 Å². The maximum absolute atomic E-state index is 12.2. The molecule has 0 aliphatic heterocycles. The first kappa shape index (κ1) is 15.8. The summed E-state index contributed by atoms with van der Waals surface area (Å²) in [5.74, 6) is -0.470. The van der Waals surface area contributed by atoms with E-state index in [0.29, 0.717) is 16.8 Å². The highest BCUT2D eigenvalue weighted by Crippen LogP contribution is 2.26. The van der Waals surface area contributed by atoms with Crippen LogP contribution in [0.15, 0.2) is 41.3 Å². The van der Waals surface area contributed by atoms with Crippen LogP contribution in [0.5, 0.6) is 0 Å². The van der Waals surface area contributed by atoms with E-state index in [-0.39, 0.29) is 11.4 Å². The minimum Gasteiger partial charge on any atom is -0.399 e. The summed E-state index contributed by atoms with van der Waals surface area (Å²) in [6.07, 6.45) is 0. The quantitative estimate of drug-likeness (QED) is 0.501. The van der Waals surface area contributed by atoms with E-state index in [1.165, 1.54) is 6.07 Å². The number of anilines is 3. The molecule has 0 aliphatic carbocycles. The molecular weight excluding hydrogens is 306 g/mol. The molecule has 0 saturated heterocycles. The maximum Gasteiger partial charge on any atom is 0.294 e. The zero-order valence-corrected chi connectivity index (χ0v) is 12.5. The zero-order valence-electron chi connectivity index (χ0n) is 11.7. The van der Waals surface area contributed by atoms with Crippen molar-refractivity contribution in [1.82, 2.24) is 0 Å². The minimum atomic E-state index is -4.42. The van der Waals surface area contributed by atoms with Crippen LogP contribution in [0.25, 0.3) is 0 Å². The molecule has 0 atom stereocenters. The first-order valence-electron chi connectivity index (χ1n) is 6.23. The van der Waals surface area contributed by atoms with E-state index in [1.54, 1.807) is 25.1 Å². The molecule has 0 bridgehead atoms. The zero-order chi connectivity index (χ0) is 16.5. The van der Waals surface area contributed by atoms with E-state index < -0.39 is 20.9 Å². The molecule has 2 rings (SSSR count). The van der Waals surface area contributed by atoms with Gasteiger partial charge in [-0.1, -0.05) is 6.07 Å². The Bertz CT molecular complexity index is 847. The Morgan fingerprint density at radius 1 is 1.18 bits per heavy atom. The average Bonchev–Trinajstić information content (AvgIpc) is 2.42. The number of benzene rings is 2. The molecule has 8 heteroatoms. The number of carbonyl (C=O) groups is 1. The topological polar surface area (TPSA) is 136 Å². The van der Waals surface area contributed by atoms with Crippen molar-refractivity contribution in [2.45, 2.75) is 11.8 Å². The summed E-state index contributed by atoms with van der Waals surface area (Å²) in [4.78, 5) is 11.8. The van der Waals surface area contributed by atoms with Crippen LogP contribution in [-0.4, -0.2) is 18.9 Å². The van der Waals surface area contributed by atoms with Gasteiger partial charge in [0, 0.05) is 22.6 Å². The lowest BCUT2D eigenvalue weighted by Crippen LogP contribution is -2.14. The summed E-state index contributed by atoms with van der Waals surface area (Å²) >= 11 is 0. The first-order valence-corrected chi connectivity index (χ1v) is 7.67. The Morgan fingerprint density at radius 3 is 2.45 bits per heavy atom. The molecule has 0 fully saturated rings. The molecule has 0 saturated carbocycles. The largest absolute Gasteiger partial charge is 0.399 e. The second-order valence-electron chi connectivity index (χ2n) is 4.74. The normalized spacial score (nSPS) is 11.2. The number of hydrogen-bond acceptors (Lipinski definition) is 5. The fourth-order valence-corrected chi connectivity index (χ4v) is 2.41. The van der Waals surface area contributed by atoms with Gasteiger partial charge < -0.3 is 16.8 Å². The van der Waals surface area contributed by atoms with Gasteiger partial charge in [-0.2, -0.15) is 8.42 Å². The number of nitrogens with one attached hydrogen (secondary N) is 1. The van der Waals surface area contributed by atoms with Crippen LogP contribution in [0, 0.1) is 6.92 Å². The van der Waals surface area contributed by atoms with Gasteiger partial charge in [0.25, 0.3) is 16.0 Å². The summed E-state index contributed by atoms with van der Waals surface area (Å²) < 4.78 is 31.5. The van der Waals surface area contributed by atoms with Gasteiger partial charge in [-0.25, -0.2) is 0 Å². The Morgan fingerprint density at radius 2 is 1.86 bits per heavy atom. The highest BCUT2D eigenvalue weighted by atomic mass is 32.2. The average molecular weight is 321 g/mol. The summed E-state index contributed by atoms with van der Waals surface area (Å²) in [5, 5.41) is 2.56. The third-order valence-electron chi connectivity index (χ3n) is 3.12. The number of amides is 1. The lowest BCUT2D eigenvalue weighted by atomic mass is 10.1. The standard InChI is InChI=1S/C14H15N3O4S/c1-8-12(16)6-11(22(19,20)21)7-13(8)17-14(18)9-3-2-4-10(15)5-9/h2-7H,15-16H2,1H3,(H,17,18)(H,19,20,21). The van der Waals surface area contributed by atoms with Crippen molar-refractivity contribution in [2.24, 2.45) is 0 Å². The van der Waals surface area contributed by atoms with Crippen LogP contribution < -0.4 is 16.8 Å². The summed E-state index contributed by atoms with van der Waals surface area (Å²) in [5.41, 5.74) is 12.9. The Labute approximate surface area is 127 Å². The van der Waals surface area contributed by atoms with Crippen LogP contribution in [0.1, 0.15) is 15.9 Å². The second kappa shape index (κ2) is 5.66. The third kappa shape index (κ3) is 3.35. The van der Waals surface area contributed by atoms with Crippen LogP contribution in [0.3, 0.4) is 0 Å². The summed E-state index contributed by atoms with van der Waals surface area (Å²) in [7, 11) is -4.42. The van der Waals surface area contributed by atoms with Crippen LogP contribution >= 0.6 is 0 Å². The second-order valence-corrected chi connectivity index (χ2v) is 6.16. The molecule has 0 aliphatic rings. The van der Waals surface area contributed by atoms with E-state index in [2.05, 4.69) is 5.32 Å². The van der Waals surface area contributed by atoms with Crippen molar-refractivity contribution < 1.29 is 17.8 Å². The maximum atomic E-state index is 12.2. The molecule has 6 N–H and O–H groups in total. The lowest BCUT2D eigenvalue weighted by molar-refractivity contribution is 0.102. The molecule has 1 amide bonds. The molecule has 116 valence electrons. The van der Waals surface area contributed by atoms with E-state index in [4.69, 9.17) is 16.0 Å². The van der Waals surface area contributed by atoms with Gasteiger partial charge in [0.05, 0.1) is 4.90 Å². The number of nitrogen functional groups attached to an aromatic ring is 2.